The highest BCUT2D eigenvalue weighted by Crippen LogP contribution is 2.14. The summed E-state index contributed by atoms with van der Waals surface area (Å²) in [7, 11) is 0. The standard InChI is InChI=1S/C18H22N2O2/c21-18(19-11-10-16-8-5-13-22-16)17-9-4-12-20(17)14-15-6-2-1-3-7-15/h1-4,6-7,9,12,16H,5,8,10-11,13-14H2,(H,19,21)/t16-/m0/s1. The van der Waals surface area contributed by atoms with Crippen LogP contribution in [0.1, 0.15) is 35.3 Å². The molecule has 1 aliphatic rings. The maximum atomic E-state index is 12.3. The third-order valence-electron chi connectivity index (χ3n) is 4.03. The summed E-state index contributed by atoms with van der Waals surface area (Å²) >= 11 is 0. The van der Waals surface area contributed by atoms with Gasteiger partial charge in [0.2, 0.25) is 0 Å². The molecule has 0 radical (unpaired) electrons. The first-order valence-corrected chi connectivity index (χ1v) is 7.92. The molecule has 1 saturated heterocycles. The topological polar surface area (TPSA) is 43.3 Å². The van der Waals surface area contributed by atoms with Crippen molar-refractivity contribution in [1.82, 2.24) is 9.88 Å². The third kappa shape index (κ3) is 3.77. The smallest absolute Gasteiger partial charge is 0.267 e. The Morgan fingerprint density at radius 1 is 1.23 bits per heavy atom. The fourth-order valence-electron chi connectivity index (χ4n) is 2.85. The Bertz CT molecular complexity index is 601. The van der Waals surface area contributed by atoms with Crippen LogP contribution in [0.3, 0.4) is 0 Å². The van der Waals surface area contributed by atoms with Gasteiger partial charge in [0, 0.05) is 25.9 Å². The van der Waals surface area contributed by atoms with E-state index in [2.05, 4.69) is 17.4 Å². The minimum absolute atomic E-state index is 0.0149. The van der Waals surface area contributed by atoms with Gasteiger partial charge in [-0.05, 0) is 37.0 Å². The molecule has 2 heterocycles. The number of carbonyl (C=O) groups is 1. The van der Waals surface area contributed by atoms with E-state index in [0.717, 1.165) is 25.9 Å². The Morgan fingerprint density at radius 2 is 2.09 bits per heavy atom. The van der Waals surface area contributed by atoms with Crippen LogP contribution in [0.2, 0.25) is 0 Å². The number of hydrogen-bond acceptors (Lipinski definition) is 2. The first-order valence-electron chi connectivity index (χ1n) is 7.92. The van der Waals surface area contributed by atoms with Crippen LogP contribution in [-0.2, 0) is 11.3 Å². The van der Waals surface area contributed by atoms with E-state index in [9.17, 15) is 4.79 Å². The zero-order chi connectivity index (χ0) is 15.2. The summed E-state index contributed by atoms with van der Waals surface area (Å²) in [5.41, 5.74) is 1.89. The summed E-state index contributed by atoms with van der Waals surface area (Å²) in [6, 6.07) is 13.9. The SMILES string of the molecule is O=C(NCC[C@@H]1CCCO1)c1cccn1Cc1ccccc1. The second-order valence-corrected chi connectivity index (χ2v) is 5.69. The van der Waals surface area contributed by atoms with E-state index in [1.807, 2.05) is 41.1 Å². The van der Waals surface area contributed by atoms with E-state index in [-0.39, 0.29) is 5.91 Å². The van der Waals surface area contributed by atoms with Gasteiger partial charge in [0.1, 0.15) is 5.69 Å². The lowest BCUT2D eigenvalue weighted by Crippen LogP contribution is -2.28. The maximum absolute atomic E-state index is 12.3. The van der Waals surface area contributed by atoms with Gasteiger partial charge in [-0.25, -0.2) is 0 Å². The predicted octanol–water partition coefficient (Wildman–Crippen LogP) is 2.84. The molecule has 1 N–H and O–H groups in total. The van der Waals surface area contributed by atoms with E-state index in [0.29, 0.717) is 24.9 Å². The van der Waals surface area contributed by atoms with Gasteiger partial charge in [0.05, 0.1) is 6.10 Å². The highest BCUT2D eigenvalue weighted by atomic mass is 16.5. The lowest BCUT2D eigenvalue weighted by molar-refractivity contribution is 0.0900. The number of amides is 1. The van der Waals surface area contributed by atoms with Gasteiger partial charge in [-0.2, -0.15) is 0 Å². The highest BCUT2D eigenvalue weighted by molar-refractivity contribution is 5.92. The maximum Gasteiger partial charge on any atom is 0.267 e. The van der Waals surface area contributed by atoms with Crippen molar-refractivity contribution in [3.8, 4) is 0 Å². The Kier molecular flexibility index (Phi) is 4.91. The average Bonchev–Trinajstić information content (AvgIpc) is 3.20. The third-order valence-corrected chi connectivity index (χ3v) is 4.03. The molecule has 0 aliphatic carbocycles. The quantitative estimate of drug-likeness (QED) is 0.891. The number of nitrogens with zero attached hydrogens (tertiary/aromatic N) is 1. The molecular weight excluding hydrogens is 276 g/mol. The highest BCUT2D eigenvalue weighted by Gasteiger charge is 2.16. The normalized spacial score (nSPS) is 17.5. The fraction of sp³-hybridized carbons (Fsp3) is 0.389. The number of ether oxygens (including phenoxy) is 1. The molecule has 3 rings (SSSR count). The molecule has 116 valence electrons. The number of rotatable bonds is 6. The van der Waals surface area contributed by atoms with Crippen molar-refractivity contribution in [2.75, 3.05) is 13.2 Å². The van der Waals surface area contributed by atoms with Gasteiger partial charge in [-0.3, -0.25) is 4.79 Å². The van der Waals surface area contributed by atoms with E-state index in [4.69, 9.17) is 4.74 Å². The molecule has 22 heavy (non-hydrogen) atoms. The van der Waals surface area contributed by atoms with Gasteiger partial charge in [-0.1, -0.05) is 30.3 Å². The van der Waals surface area contributed by atoms with Crippen LogP contribution in [0.5, 0.6) is 0 Å². The van der Waals surface area contributed by atoms with Gasteiger partial charge in [0.15, 0.2) is 0 Å². The summed E-state index contributed by atoms with van der Waals surface area (Å²) in [5, 5.41) is 3.00. The zero-order valence-electron chi connectivity index (χ0n) is 12.7. The molecule has 0 spiro atoms. The Hall–Kier alpha value is -2.07. The van der Waals surface area contributed by atoms with Crippen LogP contribution >= 0.6 is 0 Å². The van der Waals surface area contributed by atoms with Crippen molar-refractivity contribution in [1.29, 1.82) is 0 Å². The minimum atomic E-state index is -0.0149. The molecule has 1 aromatic carbocycles. The summed E-state index contributed by atoms with van der Waals surface area (Å²) in [4.78, 5) is 12.3. The number of benzene rings is 1. The summed E-state index contributed by atoms with van der Waals surface area (Å²) in [5.74, 6) is -0.0149. The van der Waals surface area contributed by atoms with E-state index in [1.165, 1.54) is 5.56 Å². The largest absolute Gasteiger partial charge is 0.378 e. The monoisotopic (exact) mass is 298 g/mol. The molecule has 0 bridgehead atoms. The van der Waals surface area contributed by atoms with Gasteiger partial charge in [0.25, 0.3) is 5.91 Å². The minimum Gasteiger partial charge on any atom is -0.378 e. The summed E-state index contributed by atoms with van der Waals surface area (Å²) < 4.78 is 7.55. The van der Waals surface area contributed by atoms with E-state index >= 15 is 0 Å². The Balaban J connectivity index is 1.55. The zero-order valence-corrected chi connectivity index (χ0v) is 12.7. The number of hydrogen-bond donors (Lipinski definition) is 1. The molecule has 0 saturated carbocycles. The first-order chi connectivity index (χ1) is 10.8. The molecule has 4 heteroatoms. The van der Waals surface area contributed by atoms with Crippen molar-refractivity contribution >= 4 is 5.91 Å². The van der Waals surface area contributed by atoms with Crippen molar-refractivity contribution in [3.63, 3.8) is 0 Å². The van der Waals surface area contributed by atoms with Crippen LogP contribution in [0.4, 0.5) is 0 Å². The lowest BCUT2D eigenvalue weighted by atomic mass is 10.2. The molecular formula is C18H22N2O2. The molecule has 1 atom stereocenters. The van der Waals surface area contributed by atoms with Crippen molar-refractivity contribution in [3.05, 3.63) is 59.9 Å². The lowest BCUT2D eigenvalue weighted by Gasteiger charge is -2.12. The molecule has 4 nitrogen and oxygen atoms in total. The van der Waals surface area contributed by atoms with Crippen LogP contribution in [0.25, 0.3) is 0 Å². The molecule has 2 aromatic rings. The first kappa shape index (κ1) is 14.9. The second-order valence-electron chi connectivity index (χ2n) is 5.69. The summed E-state index contributed by atoms with van der Waals surface area (Å²) in [6.07, 6.45) is 5.41. The van der Waals surface area contributed by atoms with Crippen LogP contribution < -0.4 is 5.32 Å². The molecule has 1 amide bonds. The Morgan fingerprint density at radius 3 is 2.86 bits per heavy atom. The number of carbonyl (C=O) groups excluding carboxylic acids is 1. The molecule has 1 fully saturated rings. The summed E-state index contributed by atoms with van der Waals surface area (Å²) in [6.45, 7) is 2.24. The van der Waals surface area contributed by atoms with Gasteiger partial charge in [-0.15, -0.1) is 0 Å². The number of nitrogens with one attached hydrogen (secondary N) is 1. The van der Waals surface area contributed by atoms with Crippen molar-refractivity contribution < 1.29 is 9.53 Å². The molecule has 1 aliphatic heterocycles. The van der Waals surface area contributed by atoms with Crippen LogP contribution in [0, 0.1) is 0 Å². The number of aromatic nitrogens is 1. The fourth-order valence-corrected chi connectivity index (χ4v) is 2.85. The molecule has 1 aromatic heterocycles. The van der Waals surface area contributed by atoms with Gasteiger partial charge < -0.3 is 14.6 Å². The molecule has 0 unspecified atom stereocenters. The predicted molar refractivity (Wildman–Crippen MR) is 85.9 cm³/mol. The second kappa shape index (κ2) is 7.27. The van der Waals surface area contributed by atoms with Crippen molar-refractivity contribution in [2.24, 2.45) is 0 Å². The van der Waals surface area contributed by atoms with Crippen LogP contribution in [0.15, 0.2) is 48.7 Å². The van der Waals surface area contributed by atoms with Gasteiger partial charge >= 0.3 is 0 Å². The van der Waals surface area contributed by atoms with Crippen LogP contribution in [-0.4, -0.2) is 29.7 Å². The van der Waals surface area contributed by atoms with E-state index in [1.54, 1.807) is 0 Å². The van der Waals surface area contributed by atoms with Crippen molar-refractivity contribution in [2.45, 2.75) is 31.9 Å². The average molecular weight is 298 g/mol. The Labute approximate surface area is 131 Å². The van der Waals surface area contributed by atoms with E-state index < -0.39 is 0 Å².